The number of hydrogen-bond acceptors (Lipinski definition) is 4. The summed E-state index contributed by atoms with van der Waals surface area (Å²) in [5.41, 5.74) is 0.669. The first-order valence-corrected chi connectivity index (χ1v) is 4.00. The lowest BCUT2D eigenvalue weighted by Gasteiger charge is -2.04. The molecule has 0 saturated carbocycles. The third kappa shape index (κ3) is 1.26. The van der Waals surface area contributed by atoms with Crippen molar-refractivity contribution in [1.29, 1.82) is 0 Å². The van der Waals surface area contributed by atoms with E-state index in [1.54, 1.807) is 18.2 Å². The number of aromatic nitrogens is 1. The summed E-state index contributed by atoms with van der Waals surface area (Å²) in [6.45, 7) is 0.279. The SMILES string of the molecule is O=COc1c(O)cnc2ccccc12. The van der Waals surface area contributed by atoms with Crippen molar-refractivity contribution in [1.82, 2.24) is 4.98 Å². The summed E-state index contributed by atoms with van der Waals surface area (Å²) in [6.07, 6.45) is 1.25. The molecule has 1 heterocycles. The second kappa shape index (κ2) is 3.33. The largest absolute Gasteiger partial charge is 0.503 e. The molecule has 0 fully saturated rings. The van der Waals surface area contributed by atoms with Crippen LogP contribution < -0.4 is 4.74 Å². The highest BCUT2D eigenvalue weighted by atomic mass is 16.5. The van der Waals surface area contributed by atoms with Crippen LogP contribution in [0.15, 0.2) is 30.5 Å². The van der Waals surface area contributed by atoms with E-state index in [4.69, 9.17) is 0 Å². The van der Waals surface area contributed by atoms with Crippen LogP contribution >= 0.6 is 0 Å². The van der Waals surface area contributed by atoms with Crippen LogP contribution in [0.25, 0.3) is 10.9 Å². The van der Waals surface area contributed by atoms with Crippen LogP contribution in [-0.4, -0.2) is 16.6 Å². The first-order valence-electron chi connectivity index (χ1n) is 4.00. The standard InChI is InChI=1S/C10H7NO3/c12-6-14-10-7-3-1-2-4-8(7)11-5-9(10)13/h1-6,13H. The van der Waals surface area contributed by atoms with Gasteiger partial charge in [0, 0.05) is 5.39 Å². The Bertz CT molecular complexity index is 482. The van der Waals surface area contributed by atoms with E-state index in [-0.39, 0.29) is 18.0 Å². The van der Waals surface area contributed by atoms with E-state index in [1.165, 1.54) is 6.20 Å². The number of pyridine rings is 1. The average Bonchev–Trinajstić information content (AvgIpc) is 2.23. The quantitative estimate of drug-likeness (QED) is 0.727. The summed E-state index contributed by atoms with van der Waals surface area (Å²) < 4.78 is 4.68. The molecule has 0 bridgehead atoms. The van der Waals surface area contributed by atoms with E-state index in [0.29, 0.717) is 10.9 Å². The lowest BCUT2D eigenvalue weighted by Crippen LogP contribution is -1.91. The van der Waals surface area contributed by atoms with E-state index in [9.17, 15) is 9.90 Å². The molecule has 0 saturated heterocycles. The zero-order valence-corrected chi connectivity index (χ0v) is 7.18. The number of carbonyl (C=O) groups is 1. The first kappa shape index (κ1) is 8.50. The Labute approximate surface area is 79.8 Å². The fourth-order valence-electron chi connectivity index (χ4n) is 1.28. The van der Waals surface area contributed by atoms with E-state index < -0.39 is 0 Å². The zero-order chi connectivity index (χ0) is 9.97. The van der Waals surface area contributed by atoms with Gasteiger partial charge in [0.25, 0.3) is 6.47 Å². The highest BCUT2D eigenvalue weighted by molar-refractivity contribution is 5.88. The molecule has 1 N–H and O–H groups in total. The molecular formula is C10H7NO3. The third-order valence-electron chi connectivity index (χ3n) is 1.87. The fraction of sp³-hybridized carbons (Fsp3) is 0. The van der Waals surface area contributed by atoms with Crippen molar-refractivity contribution in [2.24, 2.45) is 0 Å². The molecule has 0 aliphatic rings. The summed E-state index contributed by atoms with van der Waals surface area (Å²) in [5.74, 6) is 0.00130. The highest BCUT2D eigenvalue weighted by Gasteiger charge is 2.08. The van der Waals surface area contributed by atoms with Crippen LogP contribution in [-0.2, 0) is 4.79 Å². The average molecular weight is 189 g/mol. The van der Waals surface area contributed by atoms with Crippen molar-refractivity contribution in [2.45, 2.75) is 0 Å². The highest BCUT2D eigenvalue weighted by Crippen LogP contribution is 2.32. The molecule has 1 aromatic carbocycles. The van der Waals surface area contributed by atoms with Gasteiger partial charge in [-0.25, -0.2) is 0 Å². The summed E-state index contributed by atoms with van der Waals surface area (Å²) in [6, 6.07) is 7.09. The normalized spacial score (nSPS) is 10.0. The summed E-state index contributed by atoms with van der Waals surface area (Å²) in [4.78, 5) is 14.2. The van der Waals surface area contributed by atoms with Gasteiger partial charge in [-0.05, 0) is 12.1 Å². The smallest absolute Gasteiger partial charge is 0.298 e. The summed E-state index contributed by atoms with van der Waals surface area (Å²) in [7, 11) is 0. The Kier molecular flexibility index (Phi) is 2.02. The number of para-hydroxylation sites is 1. The molecule has 14 heavy (non-hydrogen) atoms. The maximum atomic E-state index is 10.2. The van der Waals surface area contributed by atoms with Crippen molar-refractivity contribution >= 4 is 17.4 Å². The van der Waals surface area contributed by atoms with Crippen LogP contribution in [0.3, 0.4) is 0 Å². The van der Waals surface area contributed by atoms with Crippen molar-refractivity contribution < 1.29 is 14.6 Å². The Balaban J connectivity index is 2.75. The second-order valence-corrected chi connectivity index (χ2v) is 2.70. The molecule has 0 aliphatic heterocycles. The van der Waals surface area contributed by atoms with Crippen LogP contribution in [0.1, 0.15) is 0 Å². The molecular weight excluding hydrogens is 182 g/mol. The van der Waals surface area contributed by atoms with Gasteiger partial charge in [0.15, 0.2) is 11.5 Å². The number of rotatable bonds is 2. The number of carbonyl (C=O) groups excluding carboxylic acids is 1. The minimum atomic E-state index is -0.143. The lowest BCUT2D eigenvalue weighted by atomic mass is 10.2. The van der Waals surface area contributed by atoms with E-state index in [1.807, 2.05) is 6.07 Å². The molecule has 4 nitrogen and oxygen atoms in total. The predicted octanol–water partition coefficient (Wildman–Crippen LogP) is 1.48. The molecule has 2 aromatic rings. The lowest BCUT2D eigenvalue weighted by molar-refractivity contribution is -0.120. The molecule has 70 valence electrons. The first-order chi connectivity index (χ1) is 6.83. The van der Waals surface area contributed by atoms with E-state index >= 15 is 0 Å². The number of hydrogen-bond donors (Lipinski definition) is 1. The number of benzene rings is 1. The minimum Gasteiger partial charge on any atom is -0.503 e. The van der Waals surface area contributed by atoms with Gasteiger partial charge in [-0.15, -0.1) is 0 Å². The van der Waals surface area contributed by atoms with Crippen LogP contribution in [0.4, 0.5) is 0 Å². The molecule has 0 spiro atoms. The van der Waals surface area contributed by atoms with E-state index in [0.717, 1.165) is 0 Å². The number of aromatic hydroxyl groups is 1. The molecule has 1 aromatic heterocycles. The number of fused-ring (bicyclic) bond motifs is 1. The Morgan fingerprint density at radius 2 is 2.14 bits per heavy atom. The van der Waals surface area contributed by atoms with Gasteiger partial charge >= 0.3 is 0 Å². The zero-order valence-electron chi connectivity index (χ0n) is 7.18. The van der Waals surface area contributed by atoms with Gasteiger partial charge in [0.2, 0.25) is 0 Å². The van der Waals surface area contributed by atoms with Gasteiger partial charge in [-0.2, -0.15) is 0 Å². The minimum absolute atomic E-state index is 0.143. The molecule has 2 rings (SSSR count). The molecule has 0 radical (unpaired) electrons. The Morgan fingerprint density at radius 1 is 1.36 bits per heavy atom. The van der Waals surface area contributed by atoms with Crippen LogP contribution in [0, 0.1) is 0 Å². The Morgan fingerprint density at radius 3 is 2.93 bits per heavy atom. The van der Waals surface area contributed by atoms with Crippen LogP contribution in [0.5, 0.6) is 11.5 Å². The van der Waals surface area contributed by atoms with Gasteiger partial charge in [-0.1, -0.05) is 12.1 Å². The summed E-state index contributed by atoms with van der Waals surface area (Å²) >= 11 is 0. The molecule has 4 heteroatoms. The molecule has 0 aliphatic carbocycles. The van der Waals surface area contributed by atoms with Crippen molar-refractivity contribution in [3.8, 4) is 11.5 Å². The maximum absolute atomic E-state index is 10.2. The summed E-state index contributed by atoms with van der Waals surface area (Å²) in [5, 5.41) is 10.0. The molecule has 0 unspecified atom stereocenters. The fourth-order valence-corrected chi connectivity index (χ4v) is 1.28. The van der Waals surface area contributed by atoms with Crippen molar-refractivity contribution in [3.05, 3.63) is 30.5 Å². The monoisotopic (exact) mass is 189 g/mol. The van der Waals surface area contributed by atoms with Crippen molar-refractivity contribution in [2.75, 3.05) is 0 Å². The van der Waals surface area contributed by atoms with Gasteiger partial charge in [0.05, 0.1) is 11.7 Å². The van der Waals surface area contributed by atoms with Crippen molar-refractivity contribution in [3.63, 3.8) is 0 Å². The molecule has 0 amide bonds. The second-order valence-electron chi connectivity index (χ2n) is 2.70. The van der Waals surface area contributed by atoms with Gasteiger partial charge in [-0.3, -0.25) is 9.78 Å². The van der Waals surface area contributed by atoms with Gasteiger partial charge in [0.1, 0.15) is 0 Å². The van der Waals surface area contributed by atoms with E-state index in [2.05, 4.69) is 9.72 Å². The predicted molar refractivity (Wildman–Crippen MR) is 50.1 cm³/mol. The number of ether oxygens (including phenoxy) is 1. The number of nitrogens with zero attached hydrogens (tertiary/aromatic N) is 1. The van der Waals surface area contributed by atoms with Gasteiger partial charge < -0.3 is 9.84 Å². The van der Waals surface area contributed by atoms with Crippen LogP contribution in [0.2, 0.25) is 0 Å². The Hall–Kier alpha value is -2.10. The molecule has 0 atom stereocenters. The maximum Gasteiger partial charge on any atom is 0.298 e. The third-order valence-corrected chi connectivity index (χ3v) is 1.87. The topological polar surface area (TPSA) is 59.4 Å².